The molecule has 2 fully saturated rings. The van der Waals surface area contributed by atoms with Crippen molar-refractivity contribution in [3.05, 3.63) is 24.0 Å². The number of nitrogens with zero attached hydrogens (tertiary/aromatic N) is 1. The number of allylic oxidation sites excluding steroid dienone is 1. The number of pyridine rings is 1. The topological polar surface area (TPSA) is 48.4 Å². The number of carbonyl (C=O) groups excluding carboxylic acids is 1. The molecule has 130 valence electrons. The van der Waals surface area contributed by atoms with Crippen molar-refractivity contribution in [2.24, 2.45) is 5.92 Å². The summed E-state index contributed by atoms with van der Waals surface area (Å²) in [7, 11) is 1.63. The molecule has 2 aliphatic rings. The lowest BCUT2D eigenvalue weighted by Crippen LogP contribution is -2.15. The van der Waals surface area contributed by atoms with Crippen LogP contribution in [0.1, 0.15) is 63.5 Å². The van der Waals surface area contributed by atoms with Crippen molar-refractivity contribution in [3.8, 4) is 11.5 Å². The fourth-order valence-electron chi connectivity index (χ4n) is 3.65. The van der Waals surface area contributed by atoms with E-state index in [1.165, 1.54) is 32.1 Å². The summed E-state index contributed by atoms with van der Waals surface area (Å²) in [6.45, 7) is 0. The number of ether oxygens (including phenoxy) is 2. The fourth-order valence-corrected chi connectivity index (χ4v) is 3.65. The molecule has 1 aromatic rings. The Bertz CT molecular complexity index is 585. The highest BCUT2D eigenvalue weighted by Crippen LogP contribution is 2.32. The third kappa shape index (κ3) is 4.37. The highest BCUT2D eigenvalue weighted by molar-refractivity contribution is 5.95. The molecule has 2 saturated carbocycles. The van der Waals surface area contributed by atoms with Gasteiger partial charge in [-0.15, -0.1) is 0 Å². The van der Waals surface area contributed by atoms with Crippen molar-refractivity contribution in [3.63, 3.8) is 0 Å². The van der Waals surface area contributed by atoms with Gasteiger partial charge in [0.15, 0.2) is 17.3 Å². The van der Waals surface area contributed by atoms with E-state index in [0.717, 1.165) is 37.1 Å². The average Bonchev–Trinajstić information content (AvgIpc) is 3.13. The molecule has 0 unspecified atom stereocenters. The SMILES string of the molecule is COc1cnc(C=CC(=O)C2CCCCC2)cc1OC1CCCC1. The van der Waals surface area contributed by atoms with E-state index in [4.69, 9.17) is 9.47 Å². The summed E-state index contributed by atoms with van der Waals surface area (Å²) in [6, 6.07) is 1.88. The lowest BCUT2D eigenvalue weighted by atomic mass is 9.86. The molecule has 0 radical (unpaired) electrons. The lowest BCUT2D eigenvalue weighted by molar-refractivity contribution is -0.119. The van der Waals surface area contributed by atoms with Gasteiger partial charge in [0.1, 0.15) is 0 Å². The van der Waals surface area contributed by atoms with Crippen LogP contribution < -0.4 is 9.47 Å². The largest absolute Gasteiger partial charge is 0.491 e. The second-order valence-corrected chi connectivity index (χ2v) is 6.85. The zero-order chi connectivity index (χ0) is 16.8. The van der Waals surface area contributed by atoms with Crippen molar-refractivity contribution < 1.29 is 14.3 Å². The van der Waals surface area contributed by atoms with Gasteiger partial charge in [-0.1, -0.05) is 19.3 Å². The molecule has 0 saturated heterocycles. The Morgan fingerprint density at radius 3 is 2.50 bits per heavy atom. The molecule has 0 atom stereocenters. The molecule has 0 bridgehead atoms. The minimum absolute atomic E-state index is 0.197. The highest BCUT2D eigenvalue weighted by Gasteiger charge is 2.20. The first-order chi connectivity index (χ1) is 11.8. The molecule has 3 rings (SSSR count). The van der Waals surface area contributed by atoms with Crippen LogP contribution in [0.3, 0.4) is 0 Å². The van der Waals surface area contributed by atoms with Gasteiger partial charge >= 0.3 is 0 Å². The van der Waals surface area contributed by atoms with Crippen LogP contribution in [-0.2, 0) is 4.79 Å². The van der Waals surface area contributed by atoms with Crippen molar-refractivity contribution in [1.82, 2.24) is 4.98 Å². The number of methoxy groups -OCH3 is 1. The summed E-state index contributed by atoms with van der Waals surface area (Å²) in [5, 5.41) is 0. The lowest BCUT2D eigenvalue weighted by Gasteiger charge is -2.18. The molecular formula is C20H27NO3. The molecule has 0 N–H and O–H groups in total. The van der Waals surface area contributed by atoms with E-state index in [9.17, 15) is 4.79 Å². The van der Waals surface area contributed by atoms with Crippen molar-refractivity contribution in [1.29, 1.82) is 0 Å². The summed E-state index contributed by atoms with van der Waals surface area (Å²) < 4.78 is 11.4. The number of ketones is 1. The molecule has 0 aromatic carbocycles. The average molecular weight is 329 g/mol. The van der Waals surface area contributed by atoms with Gasteiger partial charge in [0.25, 0.3) is 0 Å². The third-order valence-electron chi connectivity index (χ3n) is 5.09. The first kappa shape index (κ1) is 17.0. The molecule has 0 aliphatic heterocycles. The van der Waals surface area contributed by atoms with Crippen molar-refractivity contribution in [2.75, 3.05) is 7.11 Å². The van der Waals surface area contributed by atoms with E-state index in [2.05, 4.69) is 4.98 Å². The van der Waals surface area contributed by atoms with Crippen LogP contribution in [0, 0.1) is 5.92 Å². The molecular weight excluding hydrogens is 302 g/mol. The minimum Gasteiger partial charge on any atom is -0.491 e. The molecule has 24 heavy (non-hydrogen) atoms. The number of hydrogen-bond acceptors (Lipinski definition) is 4. The number of aromatic nitrogens is 1. The molecule has 2 aliphatic carbocycles. The Kier molecular flexibility index (Phi) is 5.89. The summed E-state index contributed by atoms with van der Waals surface area (Å²) in [4.78, 5) is 16.6. The normalized spacial score (nSPS) is 19.7. The van der Waals surface area contributed by atoms with Crippen LogP contribution >= 0.6 is 0 Å². The predicted molar refractivity (Wildman–Crippen MR) is 94.3 cm³/mol. The van der Waals surface area contributed by atoms with Gasteiger partial charge in [0.05, 0.1) is 25.1 Å². The molecule has 0 amide bonds. The van der Waals surface area contributed by atoms with E-state index >= 15 is 0 Å². The van der Waals surface area contributed by atoms with Gasteiger partial charge in [-0.25, -0.2) is 0 Å². The Balaban J connectivity index is 1.68. The summed E-state index contributed by atoms with van der Waals surface area (Å²) in [6.07, 6.45) is 15.7. The van der Waals surface area contributed by atoms with E-state index in [1.54, 1.807) is 25.5 Å². The zero-order valence-electron chi connectivity index (χ0n) is 14.5. The van der Waals surface area contributed by atoms with Crippen molar-refractivity contribution in [2.45, 2.75) is 63.9 Å². The maximum atomic E-state index is 12.3. The van der Waals surface area contributed by atoms with Gasteiger partial charge in [-0.2, -0.15) is 0 Å². The van der Waals surface area contributed by atoms with Crippen LogP contribution in [0.2, 0.25) is 0 Å². The van der Waals surface area contributed by atoms with Gasteiger partial charge in [-0.3, -0.25) is 9.78 Å². The minimum atomic E-state index is 0.197. The molecule has 1 aromatic heterocycles. The van der Waals surface area contributed by atoms with Crippen LogP contribution in [0.4, 0.5) is 0 Å². The second kappa shape index (κ2) is 8.32. The van der Waals surface area contributed by atoms with Crippen molar-refractivity contribution >= 4 is 11.9 Å². The zero-order valence-corrected chi connectivity index (χ0v) is 14.5. The Morgan fingerprint density at radius 2 is 1.79 bits per heavy atom. The number of rotatable bonds is 6. The third-order valence-corrected chi connectivity index (χ3v) is 5.09. The summed E-state index contributed by atoms with van der Waals surface area (Å²) in [5.41, 5.74) is 0.743. The Hall–Kier alpha value is -1.84. The van der Waals surface area contributed by atoms with Gasteiger partial charge in [0.2, 0.25) is 0 Å². The van der Waals surface area contributed by atoms with Gasteiger partial charge in [-0.05, 0) is 50.7 Å². The first-order valence-corrected chi connectivity index (χ1v) is 9.19. The maximum absolute atomic E-state index is 12.3. The van der Waals surface area contributed by atoms with E-state index in [0.29, 0.717) is 5.75 Å². The van der Waals surface area contributed by atoms with E-state index in [1.807, 2.05) is 6.07 Å². The van der Waals surface area contributed by atoms with E-state index < -0.39 is 0 Å². The smallest absolute Gasteiger partial charge is 0.179 e. The van der Waals surface area contributed by atoms with Gasteiger partial charge < -0.3 is 9.47 Å². The van der Waals surface area contributed by atoms with E-state index in [-0.39, 0.29) is 17.8 Å². The van der Waals surface area contributed by atoms with Crippen LogP contribution in [-0.4, -0.2) is 24.0 Å². The number of hydrogen-bond donors (Lipinski definition) is 0. The highest BCUT2D eigenvalue weighted by atomic mass is 16.5. The molecule has 1 heterocycles. The fraction of sp³-hybridized carbons (Fsp3) is 0.600. The first-order valence-electron chi connectivity index (χ1n) is 9.19. The van der Waals surface area contributed by atoms with Gasteiger partial charge in [0, 0.05) is 12.0 Å². The molecule has 4 heteroatoms. The van der Waals surface area contributed by atoms with Crippen LogP contribution in [0.15, 0.2) is 18.3 Å². The Labute approximate surface area is 144 Å². The predicted octanol–water partition coefficient (Wildman–Crippen LogP) is 4.57. The van der Waals surface area contributed by atoms with Crippen LogP contribution in [0.5, 0.6) is 11.5 Å². The Morgan fingerprint density at radius 1 is 1.08 bits per heavy atom. The second-order valence-electron chi connectivity index (χ2n) is 6.85. The standard InChI is InChI=1S/C20H27NO3/c1-23-20-14-21-16(13-19(20)24-17-9-5-6-10-17)11-12-18(22)15-7-3-2-4-8-15/h11-15,17H,2-10H2,1H3. The number of carbonyl (C=O) groups is 1. The monoisotopic (exact) mass is 329 g/mol. The quantitative estimate of drug-likeness (QED) is 0.717. The molecule has 0 spiro atoms. The van der Waals surface area contributed by atoms with Crippen LogP contribution in [0.25, 0.3) is 6.08 Å². The maximum Gasteiger partial charge on any atom is 0.179 e. The summed E-state index contributed by atoms with van der Waals surface area (Å²) in [5.74, 6) is 1.80. The molecule has 4 nitrogen and oxygen atoms in total. The summed E-state index contributed by atoms with van der Waals surface area (Å²) >= 11 is 0.